The highest BCUT2D eigenvalue weighted by molar-refractivity contribution is 5.78. The minimum Gasteiger partial charge on any atom is -0.443 e. The summed E-state index contributed by atoms with van der Waals surface area (Å²) in [6, 6.07) is 0. The highest BCUT2D eigenvalue weighted by Gasteiger charge is 2.39. The molecule has 2 aliphatic rings. The summed E-state index contributed by atoms with van der Waals surface area (Å²) in [4.78, 5) is 13.2. The molecule has 1 heterocycles. The molecule has 74 valence electrons. The van der Waals surface area contributed by atoms with Crippen molar-refractivity contribution >= 4 is 6.09 Å². The molecule has 1 saturated heterocycles. The summed E-state index contributed by atoms with van der Waals surface area (Å²) in [7, 11) is 0. The molecular formula is C11H13NO2. The second-order valence-corrected chi connectivity index (χ2v) is 4.51. The SMILES string of the molecule is C=C1CC2=C=C2N1C(=O)OC(C)(C)C. The van der Waals surface area contributed by atoms with Gasteiger partial charge in [0.15, 0.2) is 0 Å². The highest BCUT2D eigenvalue weighted by Crippen LogP contribution is 2.41. The number of hydrogen-bond donors (Lipinski definition) is 0. The first-order valence-corrected chi connectivity index (χ1v) is 4.59. The second-order valence-electron chi connectivity index (χ2n) is 4.51. The monoisotopic (exact) mass is 191 g/mol. The summed E-state index contributed by atoms with van der Waals surface area (Å²) in [5.74, 6) is 0. The lowest BCUT2D eigenvalue weighted by Gasteiger charge is -2.24. The third kappa shape index (κ3) is 1.47. The molecule has 1 aliphatic heterocycles. The number of allylic oxidation sites excluding steroid dienone is 1. The predicted molar refractivity (Wildman–Crippen MR) is 52.4 cm³/mol. The molecule has 0 unspecified atom stereocenters. The van der Waals surface area contributed by atoms with Crippen molar-refractivity contribution < 1.29 is 9.53 Å². The Morgan fingerprint density at radius 2 is 2.21 bits per heavy atom. The first-order valence-electron chi connectivity index (χ1n) is 4.59. The van der Waals surface area contributed by atoms with Crippen molar-refractivity contribution in [3.05, 3.63) is 29.3 Å². The maximum absolute atomic E-state index is 11.7. The van der Waals surface area contributed by atoms with Gasteiger partial charge in [0.2, 0.25) is 0 Å². The van der Waals surface area contributed by atoms with Crippen molar-refractivity contribution in [1.29, 1.82) is 0 Å². The molecule has 0 atom stereocenters. The second kappa shape index (κ2) is 2.52. The van der Waals surface area contributed by atoms with Gasteiger partial charge in [-0.05, 0) is 20.8 Å². The lowest BCUT2D eigenvalue weighted by molar-refractivity contribution is 0.0383. The number of hydrogen-bond acceptors (Lipinski definition) is 2. The van der Waals surface area contributed by atoms with E-state index in [0.29, 0.717) is 0 Å². The molecule has 0 radical (unpaired) electrons. The molecule has 1 amide bonds. The summed E-state index contributed by atoms with van der Waals surface area (Å²) in [6.07, 6.45) is 0.381. The predicted octanol–water partition coefficient (Wildman–Crippen LogP) is 2.56. The summed E-state index contributed by atoms with van der Waals surface area (Å²) < 4.78 is 5.24. The van der Waals surface area contributed by atoms with Gasteiger partial charge in [0.05, 0.1) is 0 Å². The van der Waals surface area contributed by atoms with Crippen molar-refractivity contribution in [2.45, 2.75) is 32.8 Å². The summed E-state index contributed by atoms with van der Waals surface area (Å²) >= 11 is 0. The van der Waals surface area contributed by atoms with Gasteiger partial charge >= 0.3 is 6.09 Å². The van der Waals surface area contributed by atoms with E-state index in [1.807, 2.05) is 20.8 Å². The van der Waals surface area contributed by atoms with E-state index < -0.39 is 5.60 Å². The number of carbonyl (C=O) groups excluding carboxylic acids is 1. The minimum absolute atomic E-state index is 0.350. The van der Waals surface area contributed by atoms with Crippen LogP contribution in [0.25, 0.3) is 0 Å². The summed E-state index contributed by atoms with van der Waals surface area (Å²) in [5, 5.41) is 0. The lowest BCUT2D eigenvalue weighted by atomic mass is 10.2. The maximum Gasteiger partial charge on any atom is 0.419 e. The molecule has 0 N–H and O–H groups in total. The average molecular weight is 191 g/mol. The van der Waals surface area contributed by atoms with Gasteiger partial charge in [-0.2, -0.15) is 0 Å². The van der Waals surface area contributed by atoms with Crippen LogP contribution in [0.3, 0.4) is 0 Å². The Hall–Kier alpha value is -1.47. The van der Waals surface area contributed by atoms with Crippen LogP contribution in [-0.4, -0.2) is 16.6 Å². The fourth-order valence-electron chi connectivity index (χ4n) is 1.40. The standard InChI is InChI=1S/C11H13NO2/c1-7-5-8-6-9(8)12(7)10(13)14-11(2,3)4/h1,5H2,2-4H3. The molecule has 1 fully saturated rings. The van der Waals surface area contributed by atoms with Gasteiger partial charge in [0.25, 0.3) is 0 Å². The molecule has 3 heteroatoms. The molecule has 0 spiro atoms. The van der Waals surface area contributed by atoms with Crippen LogP contribution in [0.1, 0.15) is 27.2 Å². The minimum atomic E-state index is -0.463. The Balaban J connectivity index is 2.06. The normalized spacial score (nSPS) is 18.8. The van der Waals surface area contributed by atoms with E-state index >= 15 is 0 Å². The summed E-state index contributed by atoms with van der Waals surface area (Å²) in [6.45, 7) is 9.35. The van der Waals surface area contributed by atoms with Crippen LogP contribution in [0.15, 0.2) is 29.3 Å². The fourth-order valence-corrected chi connectivity index (χ4v) is 1.40. The first kappa shape index (κ1) is 9.10. The van der Waals surface area contributed by atoms with Crippen molar-refractivity contribution in [2.24, 2.45) is 0 Å². The lowest BCUT2D eigenvalue weighted by Crippen LogP contribution is -2.32. The average Bonchev–Trinajstić information content (AvgIpc) is 2.58. The van der Waals surface area contributed by atoms with Crippen LogP contribution < -0.4 is 0 Å². The Kier molecular flexibility index (Phi) is 1.64. The molecule has 14 heavy (non-hydrogen) atoms. The molecule has 3 nitrogen and oxygen atoms in total. The van der Waals surface area contributed by atoms with Gasteiger partial charge in [0, 0.05) is 17.7 Å². The summed E-state index contributed by atoms with van der Waals surface area (Å²) in [5.41, 5.74) is 5.27. The number of carbonyl (C=O) groups is 1. The van der Waals surface area contributed by atoms with Crippen LogP contribution in [-0.2, 0) is 4.74 Å². The van der Waals surface area contributed by atoms with Gasteiger partial charge in [0.1, 0.15) is 11.3 Å². The number of rotatable bonds is 0. The van der Waals surface area contributed by atoms with Crippen molar-refractivity contribution in [2.75, 3.05) is 0 Å². The smallest absolute Gasteiger partial charge is 0.419 e. The molecular weight excluding hydrogens is 178 g/mol. The molecule has 2 rings (SSSR count). The van der Waals surface area contributed by atoms with Crippen LogP contribution >= 0.6 is 0 Å². The third-order valence-corrected chi connectivity index (χ3v) is 1.99. The number of ether oxygens (including phenoxy) is 1. The topological polar surface area (TPSA) is 29.5 Å². The van der Waals surface area contributed by atoms with Crippen molar-refractivity contribution in [3.8, 4) is 0 Å². The maximum atomic E-state index is 11.7. The van der Waals surface area contributed by atoms with Gasteiger partial charge in [-0.15, -0.1) is 0 Å². The van der Waals surface area contributed by atoms with Crippen LogP contribution in [0.5, 0.6) is 0 Å². The molecule has 0 aromatic carbocycles. The fraction of sp³-hybridized carbons (Fsp3) is 0.455. The molecule has 0 bridgehead atoms. The zero-order chi connectivity index (χ0) is 10.5. The molecule has 0 aromatic heterocycles. The molecule has 0 saturated carbocycles. The Morgan fingerprint density at radius 1 is 1.57 bits per heavy atom. The molecule has 1 aliphatic carbocycles. The van der Waals surface area contributed by atoms with E-state index in [0.717, 1.165) is 23.4 Å². The largest absolute Gasteiger partial charge is 0.443 e. The highest BCUT2D eigenvalue weighted by atomic mass is 16.6. The number of fused-ring (bicyclic) bond motifs is 1. The Morgan fingerprint density at radius 3 is 2.64 bits per heavy atom. The number of amides is 1. The van der Waals surface area contributed by atoms with Gasteiger partial charge < -0.3 is 4.74 Å². The van der Waals surface area contributed by atoms with Gasteiger partial charge in [-0.1, -0.05) is 12.3 Å². The quantitative estimate of drug-likeness (QED) is 0.551. The number of likely N-dealkylation sites (tertiary alicyclic amines) is 1. The van der Waals surface area contributed by atoms with Crippen LogP contribution in [0.2, 0.25) is 0 Å². The van der Waals surface area contributed by atoms with Gasteiger partial charge in [-0.25, -0.2) is 9.69 Å². The van der Waals surface area contributed by atoms with E-state index in [2.05, 4.69) is 12.3 Å². The zero-order valence-corrected chi connectivity index (χ0v) is 8.68. The van der Waals surface area contributed by atoms with Gasteiger partial charge in [-0.3, -0.25) is 0 Å². The van der Waals surface area contributed by atoms with E-state index in [9.17, 15) is 4.79 Å². The van der Waals surface area contributed by atoms with Crippen molar-refractivity contribution in [3.63, 3.8) is 0 Å². The van der Waals surface area contributed by atoms with E-state index in [-0.39, 0.29) is 6.09 Å². The first-order chi connectivity index (χ1) is 6.38. The zero-order valence-electron chi connectivity index (χ0n) is 8.68. The van der Waals surface area contributed by atoms with Crippen molar-refractivity contribution in [1.82, 2.24) is 4.90 Å². The third-order valence-electron chi connectivity index (χ3n) is 1.99. The Labute approximate surface area is 83.3 Å². The number of nitrogens with zero attached hydrogens (tertiary/aromatic N) is 1. The van der Waals surface area contributed by atoms with Crippen LogP contribution in [0.4, 0.5) is 4.79 Å². The van der Waals surface area contributed by atoms with Crippen LogP contribution in [0, 0.1) is 0 Å². The van der Waals surface area contributed by atoms with E-state index in [4.69, 9.17) is 4.74 Å². The van der Waals surface area contributed by atoms with E-state index in [1.54, 1.807) is 0 Å². The Bertz CT molecular complexity index is 390. The van der Waals surface area contributed by atoms with E-state index in [1.165, 1.54) is 4.90 Å². The molecule has 0 aromatic rings.